The first-order chi connectivity index (χ1) is 16.1. The maximum atomic E-state index is 12.8. The van der Waals surface area contributed by atoms with Gasteiger partial charge in [-0.3, -0.25) is 9.69 Å². The number of ether oxygens (including phenoxy) is 2. The van der Waals surface area contributed by atoms with Crippen LogP contribution in [0.3, 0.4) is 0 Å². The third-order valence-corrected chi connectivity index (χ3v) is 6.92. The van der Waals surface area contributed by atoms with Crippen molar-refractivity contribution in [3.63, 3.8) is 0 Å². The molecule has 2 saturated heterocycles. The van der Waals surface area contributed by atoms with E-state index in [1.54, 1.807) is 0 Å². The number of hydrogen-bond acceptors (Lipinski definition) is 5. The molecule has 4 rings (SSSR count). The van der Waals surface area contributed by atoms with Crippen LogP contribution in [-0.2, 0) is 22.4 Å². The number of thiocarbonyl (C=S) groups is 1. The summed E-state index contributed by atoms with van der Waals surface area (Å²) in [6.45, 7) is 9.59. The Bertz CT molecular complexity index is 983. The molecule has 0 bridgehead atoms. The highest BCUT2D eigenvalue weighted by Crippen LogP contribution is 2.17. The fourth-order valence-electron chi connectivity index (χ4n) is 4.53. The van der Waals surface area contributed by atoms with Crippen molar-refractivity contribution in [3.05, 3.63) is 45.7 Å². The second kappa shape index (κ2) is 11.9. The molecular formula is C25H36N4O3S. The van der Waals surface area contributed by atoms with Gasteiger partial charge in [-0.25, -0.2) is 0 Å². The minimum absolute atomic E-state index is 0.0563. The first-order valence-electron chi connectivity index (χ1n) is 12.2. The van der Waals surface area contributed by atoms with Crippen molar-refractivity contribution < 1.29 is 9.47 Å². The maximum Gasteiger partial charge on any atom is 0.253 e. The molecule has 2 N–H and O–H groups in total. The Labute approximate surface area is 201 Å². The normalized spacial score (nSPS) is 19.1. The van der Waals surface area contributed by atoms with E-state index in [-0.39, 0.29) is 11.7 Å². The molecule has 2 fully saturated rings. The van der Waals surface area contributed by atoms with Crippen molar-refractivity contribution in [2.45, 2.75) is 45.3 Å². The van der Waals surface area contributed by atoms with Crippen molar-refractivity contribution in [2.75, 3.05) is 52.5 Å². The summed E-state index contributed by atoms with van der Waals surface area (Å²) in [5.41, 5.74) is 2.80. The van der Waals surface area contributed by atoms with Gasteiger partial charge in [0.1, 0.15) is 0 Å². The molecule has 1 aromatic heterocycles. The van der Waals surface area contributed by atoms with E-state index in [2.05, 4.69) is 39.2 Å². The number of pyridine rings is 1. The molecule has 0 amide bonds. The van der Waals surface area contributed by atoms with Gasteiger partial charge >= 0.3 is 0 Å². The maximum absolute atomic E-state index is 12.8. The van der Waals surface area contributed by atoms with Crippen LogP contribution in [0.4, 0.5) is 0 Å². The fraction of sp³-hybridized carbons (Fsp3) is 0.600. The lowest BCUT2D eigenvalue weighted by molar-refractivity contribution is 0.0375. The summed E-state index contributed by atoms with van der Waals surface area (Å²) in [5, 5.41) is 5.17. The second-order valence-electron chi connectivity index (χ2n) is 8.95. The van der Waals surface area contributed by atoms with E-state index in [1.807, 2.05) is 12.1 Å². The number of fused-ring (bicyclic) bond motifs is 1. The SMILES string of the molecule is CCc1ccc2[nH]c(=O)c(CN(C[C@@H]3CCCO3)C(=S)NCCCN3CCOCC3)cc2c1. The van der Waals surface area contributed by atoms with E-state index in [9.17, 15) is 4.79 Å². The number of H-pyrrole nitrogens is 1. The molecule has 0 saturated carbocycles. The number of benzene rings is 1. The Balaban J connectivity index is 1.41. The van der Waals surface area contributed by atoms with Gasteiger partial charge in [0.25, 0.3) is 5.56 Å². The Morgan fingerprint density at radius 1 is 1.27 bits per heavy atom. The number of nitrogens with zero attached hydrogens (tertiary/aromatic N) is 2. The molecule has 7 nitrogen and oxygen atoms in total. The molecule has 0 radical (unpaired) electrons. The standard InChI is InChI=1S/C25H36N4O3S/c1-2-19-6-7-23-20(15-19)16-21(24(30)27-23)17-29(18-22-5-3-12-32-22)25(33)26-8-4-9-28-10-13-31-14-11-28/h6-7,15-16,22H,2-5,8-14,17-18H2,1H3,(H,26,33)(H,27,30)/t22-/m0/s1. The Morgan fingerprint density at radius 2 is 2.12 bits per heavy atom. The molecule has 2 aliphatic rings. The Kier molecular flexibility index (Phi) is 8.72. The highest BCUT2D eigenvalue weighted by Gasteiger charge is 2.22. The predicted molar refractivity (Wildman–Crippen MR) is 136 cm³/mol. The molecule has 2 aliphatic heterocycles. The number of hydrogen-bond donors (Lipinski definition) is 2. The van der Waals surface area contributed by atoms with Crippen LogP contribution >= 0.6 is 12.2 Å². The quantitative estimate of drug-likeness (QED) is 0.430. The van der Waals surface area contributed by atoms with Crippen LogP contribution in [-0.4, -0.2) is 78.5 Å². The number of rotatable bonds is 9. The van der Waals surface area contributed by atoms with Crippen LogP contribution < -0.4 is 10.9 Å². The molecular weight excluding hydrogens is 436 g/mol. The largest absolute Gasteiger partial charge is 0.379 e. The molecule has 0 aliphatic carbocycles. The smallest absolute Gasteiger partial charge is 0.253 e. The molecule has 8 heteroatoms. The van der Waals surface area contributed by atoms with Crippen LogP contribution in [0.2, 0.25) is 0 Å². The van der Waals surface area contributed by atoms with E-state index in [4.69, 9.17) is 21.7 Å². The zero-order chi connectivity index (χ0) is 23.0. The topological polar surface area (TPSA) is 69.8 Å². The summed E-state index contributed by atoms with van der Waals surface area (Å²) in [4.78, 5) is 20.4. The van der Waals surface area contributed by atoms with Crippen LogP contribution in [0.25, 0.3) is 10.9 Å². The monoisotopic (exact) mass is 472 g/mol. The summed E-state index contributed by atoms with van der Waals surface area (Å²) in [5.74, 6) is 0. The fourth-order valence-corrected chi connectivity index (χ4v) is 4.77. The van der Waals surface area contributed by atoms with Crippen LogP contribution in [0.5, 0.6) is 0 Å². The molecule has 0 unspecified atom stereocenters. The van der Waals surface area contributed by atoms with Crippen molar-refractivity contribution in [3.8, 4) is 0 Å². The third-order valence-electron chi connectivity index (χ3n) is 6.52. The lowest BCUT2D eigenvalue weighted by Gasteiger charge is -2.29. The minimum atomic E-state index is -0.0563. The van der Waals surface area contributed by atoms with Gasteiger partial charge in [0, 0.05) is 43.9 Å². The Morgan fingerprint density at radius 3 is 2.88 bits per heavy atom. The average molecular weight is 473 g/mol. The van der Waals surface area contributed by atoms with Gasteiger partial charge < -0.3 is 24.7 Å². The number of nitrogens with one attached hydrogen (secondary N) is 2. The highest BCUT2D eigenvalue weighted by atomic mass is 32.1. The van der Waals surface area contributed by atoms with Crippen molar-refractivity contribution in [1.82, 2.24) is 20.1 Å². The highest BCUT2D eigenvalue weighted by molar-refractivity contribution is 7.80. The van der Waals surface area contributed by atoms with Gasteiger partial charge in [-0.1, -0.05) is 13.0 Å². The summed E-state index contributed by atoms with van der Waals surface area (Å²) in [7, 11) is 0. The van der Waals surface area contributed by atoms with Crippen LogP contribution in [0.1, 0.15) is 37.3 Å². The zero-order valence-corrected chi connectivity index (χ0v) is 20.4. The number of aromatic amines is 1. The van der Waals surface area contributed by atoms with Gasteiger partial charge in [-0.15, -0.1) is 0 Å². The van der Waals surface area contributed by atoms with E-state index in [1.165, 1.54) is 5.56 Å². The van der Waals surface area contributed by atoms with E-state index < -0.39 is 0 Å². The van der Waals surface area contributed by atoms with Crippen LogP contribution in [0.15, 0.2) is 29.1 Å². The first-order valence-corrected chi connectivity index (χ1v) is 12.6. The molecule has 1 atom stereocenters. The Hall–Kier alpha value is -2.00. The molecule has 180 valence electrons. The van der Waals surface area contributed by atoms with E-state index in [0.717, 1.165) is 88.1 Å². The summed E-state index contributed by atoms with van der Waals surface area (Å²) in [6.07, 6.45) is 4.25. The van der Waals surface area contributed by atoms with Gasteiger partial charge in [0.2, 0.25) is 0 Å². The molecule has 2 aromatic rings. The third kappa shape index (κ3) is 6.76. The predicted octanol–water partition coefficient (Wildman–Crippen LogP) is 2.67. The number of aryl methyl sites for hydroxylation is 1. The lowest BCUT2D eigenvalue weighted by Crippen LogP contribution is -2.45. The average Bonchev–Trinajstić information content (AvgIpc) is 3.35. The summed E-state index contributed by atoms with van der Waals surface area (Å²) >= 11 is 5.77. The molecule has 0 spiro atoms. The van der Waals surface area contributed by atoms with Crippen molar-refractivity contribution in [1.29, 1.82) is 0 Å². The number of morpholine rings is 1. The summed E-state index contributed by atoms with van der Waals surface area (Å²) < 4.78 is 11.3. The second-order valence-corrected chi connectivity index (χ2v) is 9.34. The molecule has 3 heterocycles. The van der Waals surface area contributed by atoms with E-state index in [0.29, 0.717) is 18.2 Å². The molecule has 1 aromatic carbocycles. The first kappa shape index (κ1) is 24.1. The number of aromatic nitrogens is 1. The van der Waals surface area contributed by atoms with Gasteiger partial charge in [0.05, 0.1) is 25.9 Å². The zero-order valence-electron chi connectivity index (χ0n) is 19.6. The summed E-state index contributed by atoms with van der Waals surface area (Å²) in [6, 6.07) is 8.22. The van der Waals surface area contributed by atoms with Crippen LogP contribution in [0, 0.1) is 0 Å². The van der Waals surface area contributed by atoms with Crippen molar-refractivity contribution >= 4 is 28.2 Å². The minimum Gasteiger partial charge on any atom is -0.379 e. The van der Waals surface area contributed by atoms with Gasteiger partial charge in [-0.2, -0.15) is 0 Å². The molecule has 33 heavy (non-hydrogen) atoms. The van der Waals surface area contributed by atoms with Crippen molar-refractivity contribution in [2.24, 2.45) is 0 Å². The van der Waals surface area contributed by atoms with Gasteiger partial charge in [-0.05, 0) is 73.6 Å². The van der Waals surface area contributed by atoms with E-state index >= 15 is 0 Å². The van der Waals surface area contributed by atoms with Gasteiger partial charge in [0.15, 0.2) is 5.11 Å². The lowest BCUT2D eigenvalue weighted by atomic mass is 10.1.